The second-order valence-corrected chi connectivity index (χ2v) is 7.91. The van der Waals surface area contributed by atoms with Gasteiger partial charge in [-0.05, 0) is 36.4 Å². The first kappa shape index (κ1) is 19.6. The number of morpholine rings is 1. The van der Waals surface area contributed by atoms with E-state index in [-0.39, 0.29) is 5.78 Å². The molecule has 1 fully saturated rings. The molecule has 0 saturated carbocycles. The fourth-order valence-corrected chi connectivity index (χ4v) is 4.30. The lowest BCUT2D eigenvalue weighted by Crippen LogP contribution is -2.35. The highest BCUT2D eigenvalue weighted by Gasteiger charge is 2.26. The number of carbonyl (C=O) groups excluding carboxylic acids is 1. The summed E-state index contributed by atoms with van der Waals surface area (Å²) in [4.78, 5) is 15.7. The summed E-state index contributed by atoms with van der Waals surface area (Å²) in [5.41, 5.74) is 8.51. The second-order valence-electron chi connectivity index (χ2n) is 6.47. The fourth-order valence-electron chi connectivity index (χ4n) is 3.00. The first-order chi connectivity index (χ1) is 14.1. The van der Waals surface area contributed by atoms with E-state index in [1.165, 1.54) is 11.3 Å². The predicted octanol–water partition coefficient (Wildman–Crippen LogP) is 5.47. The lowest BCUT2D eigenvalue weighted by atomic mass is 10.1. The largest absolute Gasteiger partial charge is 0.396 e. The van der Waals surface area contributed by atoms with E-state index in [4.69, 9.17) is 22.1 Å². The molecule has 8 heteroatoms. The number of nitrogens with two attached hydrogens (primary N) is 1. The Morgan fingerprint density at radius 1 is 1.03 bits per heavy atom. The van der Waals surface area contributed by atoms with Crippen LogP contribution in [0.5, 0.6) is 0 Å². The molecule has 0 spiro atoms. The molecule has 6 nitrogen and oxygen atoms in total. The van der Waals surface area contributed by atoms with Crippen molar-refractivity contribution in [3.63, 3.8) is 0 Å². The van der Waals surface area contributed by atoms with Gasteiger partial charge in [0.25, 0.3) is 0 Å². The number of azo groups is 1. The van der Waals surface area contributed by atoms with Gasteiger partial charge in [0.05, 0.1) is 24.6 Å². The minimum atomic E-state index is -0.153. The van der Waals surface area contributed by atoms with E-state index in [2.05, 4.69) is 15.1 Å². The molecule has 4 rings (SSSR count). The molecule has 2 heterocycles. The maximum Gasteiger partial charge on any atom is 0.205 e. The Bertz CT molecular complexity index is 1030. The third kappa shape index (κ3) is 4.32. The Balaban J connectivity index is 1.74. The van der Waals surface area contributed by atoms with Crippen molar-refractivity contribution in [3.8, 4) is 0 Å². The van der Waals surface area contributed by atoms with Gasteiger partial charge in [-0.25, -0.2) is 0 Å². The van der Waals surface area contributed by atoms with Gasteiger partial charge in [-0.15, -0.1) is 16.5 Å². The van der Waals surface area contributed by atoms with Crippen LogP contribution in [0.25, 0.3) is 0 Å². The van der Waals surface area contributed by atoms with E-state index in [9.17, 15) is 4.79 Å². The zero-order valence-electron chi connectivity index (χ0n) is 15.5. The van der Waals surface area contributed by atoms with Crippen LogP contribution in [0.4, 0.5) is 22.1 Å². The van der Waals surface area contributed by atoms with Gasteiger partial charge in [0, 0.05) is 23.7 Å². The molecule has 1 aliphatic rings. The van der Waals surface area contributed by atoms with Crippen LogP contribution in [0, 0.1) is 0 Å². The lowest BCUT2D eigenvalue weighted by molar-refractivity contribution is 0.104. The fraction of sp³-hybridized carbons (Fsp3) is 0.190. The number of hydrogen-bond acceptors (Lipinski definition) is 7. The maximum atomic E-state index is 13.1. The highest BCUT2D eigenvalue weighted by atomic mass is 35.5. The van der Waals surface area contributed by atoms with Gasteiger partial charge in [0.1, 0.15) is 15.6 Å². The Morgan fingerprint density at radius 3 is 2.41 bits per heavy atom. The number of nitrogen functional groups attached to an aromatic ring is 1. The van der Waals surface area contributed by atoms with Crippen molar-refractivity contribution in [3.05, 3.63) is 70.1 Å². The van der Waals surface area contributed by atoms with Gasteiger partial charge in [-0.1, -0.05) is 29.8 Å². The third-order valence-electron chi connectivity index (χ3n) is 4.53. The molecule has 0 amide bonds. The van der Waals surface area contributed by atoms with Gasteiger partial charge in [-0.3, -0.25) is 4.79 Å². The number of hydrogen-bond donors (Lipinski definition) is 1. The summed E-state index contributed by atoms with van der Waals surface area (Å²) in [6.45, 7) is 2.66. The van der Waals surface area contributed by atoms with E-state index in [1.807, 2.05) is 30.3 Å². The normalized spacial score (nSPS) is 14.4. The monoisotopic (exact) mass is 426 g/mol. The summed E-state index contributed by atoms with van der Waals surface area (Å²) in [5.74, 6) is -0.153. The Morgan fingerprint density at radius 2 is 1.72 bits per heavy atom. The van der Waals surface area contributed by atoms with Gasteiger partial charge in [-0.2, -0.15) is 5.11 Å². The number of ether oxygens (including phenoxy) is 1. The number of benzene rings is 2. The first-order valence-corrected chi connectivity index (χ1v) is 10.3. The topological polar surface area (TPSA) is 80.3 Å². The summed E-state index contributed by atoms with van der Waals surface area (Å²) in [7, 11) is 0. The SMILES string of the molecule is Nc1c(C(=O)c2ccc(Cl)cc2)sc(N2CCOCC2)c1N=Nc1ccccc1. The highest BCUT2D eigenvalue weighted by molar-refractivity contribution is 7.19. The summed E-state index contributed by atoms with van der Waals surface area (Å²) >= 11 is 7.29. The zero-order chi connectivity index (χ0) is 20.2. The smallest absolute Gasteiger partial charge is 0.205 e. The standard InChI is InChI=1S/C21H19ClN4O2S/c22-15-8-6-14(7-9-15)19(27)20-17(23)18(25-24-16-4-2-1-3-5-16)21(29-20)26-10-12-28-13-11-26/h1-9H,10-13,23H2. The molecule has 1 aromatic heterocycles. The van der Waals surface area contributed by atoms with Crippen LogP contribution in [-0.2, 0) is 4.74 Å². The number of ketones is 1. The Kier molecular flexibility index (Phi) is 5.89. The first-order valence-electron chi connectivity index (χ1n) is 9.15. The average molecular weight is 427 g/mol. The van der Waals surface area contributed by atoms with Crippen LogP contribution in [0.15, 0.2) is 64.8 Å². The molecular weight excluding hydrogens is 408 g/mol. The van der Waals surface area contributed by atoms with Crippen LogP contribution in [0.2, 0.25) is 5.02 Å². The lowest BCUT2D eigenvalue weighted by Gasteiger charge is -2.27. The van der Waals surface area contributed by atoms with Crippen LogP contribution < -0.4 is 10.6 Å². The predicted molar refractivity (Wildman–Crippen MR) is 117 cm³/mol. The van der Waals surface area contributed by atoms with Crippen molar-refractivity contribution in [2.24, 2.45) is 10.2 Å². The molecular formula is C21H19ClN4O2S. The molecule has 1 saturated heterocycles. The number of anilines is 2. The molecule has 0 aliphatic carbocycles. The van der Waals surface area contributed by atoms with Gasteiger partial charge in [0.15, 0.2) is 0 Å². The minimum absolute atomic E-state index is 0.153. The average Bonchev–Trinajstić information content (AvgIpc) is 3.10. The number of carbonyl (C=O) groups is 1. The summed E-state index contributed by atoms with van der Waals surface area (Å²) in [6.07, 6.45) is 0. The molecule has 0 radical (unpaired) electrons. The second kappa shape index (κ2) is 8.73. The number of nitrogens with zero attached hydrogens (tertiary/aromatic N) is 3. The van der Waals surface area contributed by atoms with E-state index < -0.39 is 0 Å². The van der Waals surface area contributed by atoms with Gasteiger partial charge >= 0.3 is 0 Å². The maximum absolute atomic E-state index is 13.1. The van der Waals surface area contributed by atoms with Crippen LogP contribution >= 0.6 is 22.9 Å². The molecule has 0 bridgehead atoms. The van der Waals surface area contributed by atoms with Crippen LogP contribution in [0.1, 0.15) is 15.2 Å². The van der Waals surface area contributed by atoms with E-state index in [0.29, 0.717) is 53.1 Å². The molecule has 0 atom stereocenters. The molecule has 2 N–H and O–H groups in total. The quantitative estimate of drug-likeness (QED) is 0.433. The molecule has 2 aromatic carbocycles. The summed E-state index contributed by atoms with van der Waals surface area (Å²) in [5, 5.41) is 10.1. The van der Waals surface area contributed by atoms with Crippen LogP contribution in [0.3, 0.4) is 0 Å². The number of halogens is 1. The summed E-state index contributed by atoms with van der Waals surface area (Å²) in [6, 6.07) is 16.2. The van der Waals surface area contributed by atoms with Crippen molar-refractivity contribution < 1.29 is 9.53 Å². The molecule has 29 heavy (non-hydrogen) atoms. The zero-order valence-corrected chi connectivity index (χ0v) is 17.1. The van der Waals surface area contributed by atoms with Crippen molar-refractivity contribution in [1.82, 2.24) is 0 Å². The van der Waals surface area contributed by atoms with Gasteiger partial charge in [0.2, 0.25) is 5.78 Å². The molecule has 0 unspecified atom stereocenters. The number of thiophene rings is 1. The molecule has 3 aromatic rings. The van der Waals surface area contributed by atoms with Gasteiger partial charge < -0.3 is 15.4 Å². The van der Waals surface area contributed by atoms with E-state index in [0.717, 1.165) is 10.7 Å². The van der Waals surface area contributed by atoms with E-state index in [1.54, 1.807) is 24.3 Å². The van der Waals surface area contributed by atoms with E-state index >= 15 is 0 Å². The summed E-state index contributed by atoms with van der Waals surface area (Å²) < 4.78 is 5.45. The number of rotatable bonds is 5. The van der Waals surface area contributed by atoms with Crippen molar-refractivity contribution in [2.45, 2.75) is 0 Å². The highest BCUT2D eigenvalue weighted by Crippen LogP contribution is 2.46. The molecule has 1 aliphatic heterocycles. The van der Waals surface area contributed by atoms with Crippen molar-refractivity contribution in [1.29, 1.82) is 0 Å². The Labute approximate surface area is 177 Å². The van der Waals surface area contributed by atoms with Crippen molar-refractivity contribution >= 4 is 50.8 Å². The van der Waals surface area contributed by atoms with Crippen molar-refractivity contribution in [2.75, 3.05) is 36.9 Å². The van der Waals surface area contributed by atoms with Crippen LogP contribution in [-0.4, -0.2) is 32.1 Å². The minimum Gasteiger partial charge on any atom is -0.396 e. The third-order valence-corrected chi connectivity index (χ3v) is 6.04. The Hall–Kier alpha value is -2.74. The molecule has 148 valence electrons.